The first kappa shape index (κ1) is 11.8. The van der Waals surface area contributed by atoms with Gasteiger partial charge in [0, 0.05) is 18.5 Å². The van der Waals surface area contributed by atoms with Gasteiger partial charge in [0.1, 0.15) is 0 Å². The van der Waals surface area contributed by atoms with E-state index in [1.54, 1.807) is 0 Å². The molecular formula is C14H17Cl2N. The van der Waals surface area contributed by atoms with Gasteiger partial charge in [-0.25, -0.2) is 0 Å². The van der Waals surface area contributed by atoms with Crippen molar-refractivity contribution in [3.63, 3.8) is 0 Å². The maximum Gasteiger partial charge on any atom is 0.0595 e. The fourth-order valence-electron chi connectivity index (χ4n) is 3.57. The maximum atomic E-state index is 6.14. The van der Waals surface area contributed by atoms with Crippen LogP contribution < -0.4 is 0 Å². The molecule has 1 saturated heterocycles. The molecule has 1 aliphatic heterocycles. The molecule has 2 atom stereocenters. The van der Waals surface area contributed by atoms with Crippen molar-refractivity contribution in [2.45, 2.75) is 25.7 Å². The molecule has 0 amide bonds. The van der Waals surface area contributed by atoms with Crippen LogP contribution in [-0.4, -0.2) is 24.5 Å². The van der Waals surface area contributed by atoms with Gasteiger partial charge in [-0.15, -0.1) is 0 Å². The average molecular weight is 270 g/mol. The molecule has 1 aliphatic carbocycles. The zero-order valence-corrected chi connectivity index (χ0v) is 11.8. The number of halogens is 2. The van der Waals surface area contributed by atoms with Crippen LogP contribution in [0.25, 0.3) is 0 Å². The number of hydrogen-bond donors (Lipinski definition) is 0. The zero-order valence-electron chi connectivity index (χ0n) is 10.3. The Hall–Kier alpha value is -0.240. The van der Waals surface area contributed by atoms with Crippen LogP contribution in [-0.2, 0) is 5.41 Å². The fourth-order valence-corrected chi connectivity index (χ4v) is 3.86. The predicted octanol–water partition coefficient (Wildman–Crippen LogP) is 3.98. The van der Waals surface area contributed by atoms with E-state index < -0.39 is 0 Å². The molecule has 2 fully saturated rings. The van der Waals surface area contributed by atoms with Crippen LogP contribution in [0, 0.1) is 5.41 Å². The molecule has 3 heteroatoms. The van der Waals surface area contributed by atoms with Crippen LogP contribution in [0.15, 0.2) is 18.2 Å². The van der Waals surface area contributed by atoms with Crippen molar-refractivity contribution in [2.24, 2.45) is 5.41 Å². The van der Waals surface area contributed by atoms with Crippen molar-refractivity contribution in [3.8, 4) is 0 Å². The summed E-state index contributed by atoms with van der Waals surface area (Å²) < 4.78 is 0. The summed E-state index contributed by atoms with van der Waals surface area (Å²) in [6, 6.07) is 6.15. The molecule has 1 heterocycles. The van der Waals surface area contributed by atoms with E-state index in [-0.39, 0.29) is 0 Å². The third-order valence-corrected chi connectivity index (χ3v) is 5.45. The second kappa shape index (κ2) is 3.63. The molecule has 0 N–H and O–H groups in total. The highest BCUT2D eigenvalue weighted by Gasteiger charge is 2.69. The van der Waals surface area contributed by atoms with Gasteiger partial charge in [0.25, 0.3) is 0 Å². The monoisotopic (exact) mass is 269 g/mol. The van der Waals surface area contributed by atoms with Gasteiger partial charge >= 0.3 is 0 Å². The van der Waals surface area contributed by atoms with Crippen molar-refractivity contribution < 1.29 is 0 Å². The Morgan fingerprint density at radius 1 is 1.24 bits per heavy atom. The molecule has 1 nitrogen and oxygen atoms in total. The van der Waals surface area contributed by atoms with Crippen LogP contribution in [0.5, 0.6) is 0 Å². The summed E-state index contributed by atoms with van der Waals surface area (Å²) in [5.74, 6) is 0. The molecular weight excluding hydrogens is 253 g/mol. The first-order valence-corrected chi connectivity index (χ1v) is 6.94. The second-order valence-corrected chi connectivity index (χ2v) is 6.57. The highest BCUT2D eigenvalue weighted by atomic mass is 35.5. The fraction of sp³-hybridized carbons (Fsp3) is 0.571. The smallest absolute Gasteiger partial charge is 0.0595 e. The number of piperidine rings is 1. The second-order valence-electron chi connectivity index (χ2n) is 5.75. The van der Waals surface area contributed by atoms with Crippen LogP contribution in [0.1, 0.15) is 25.8 Å². The first-order chi connectivity index (χ1) is 8.01. The van der Waals surface area contributed by atoms with E-state index >= 15 is 0 Å². The Balaban J connectivity index is 1.97. The lowest BCUT2D eigenvalue weighted by atomic mass is 9.90. The van der Waals surface area contributed by atoms with Gasteiger partial charge in [-0.2, -0.15) is 0 Å². The molecule has 1 saturated carbocycles. The quantitative estimate of drug-likeness (QED) is 0.785. The van der Waals surface area contributed by atoms with Crippen LogP contribution >= 0.6 is 23.2 Å². The number of nitrogens with zero attached hydrogens (tertiary/aromatic N) is 1. The third kappa shape index (κ3) is 1.56. The van der Waals surface area contributed by atoms with Gasteiger partial charge in [-0.1, -0.05) is 43.1 Å². The number of rotatable bonds is 2. The van der Waals surface area contributed by atoms with Crippen LogP contribution in [0.4, 0.5) is 0 Å². The minimum atomic E-state index is 0.331. The van der Waals surface area contributed by atoms with Crippen molar-refractivity contribution in [3.05, 3.63) is 33.8 Å². The molecule has 92 valence electrons. The van der Waals surface area contributed by atoms with Gasteiger partial charge < -0.3 is 4.90 Å². The molecule has 0 bridgehead atoms. The normalized spacial score (nSPS) is 36.0. The predicted molar refractivity (Wildman–Crippen MR) is 73.0 cm³/mol. The lowest BCUT2D eigenvalue weighted by Crippen LogP contribution is -2.26. The van der Waals surface area contributed by atoms with E-state index in [0.717, 1.165) is 13.1 Å². The largest absolute Gasteiger partial charge is 0.302 e. The Bertz CT molecular complexity index is 473. The molecule has 2 aliphatic rings. The van der Waals surface area contributed by atoms with E-state index in [4.69, 9.17) is 23.2 Å². The molecule has 0 unspecified atom stereocenters. The maximum absolute atomic E-state index is 6.14. The van der Waals surface area contributed by atoms with Crippen LogP contribution in [0.2, 0.25) is 10.0 Å². The molecule has 17 heavy (non-hydrogen) atoms. The van der Waals surface area contributed by atoms with Crippen molar-refractivity contribution >= 4 is 23.2 Å². The number of likely N-dealkylation sites (N-methyl/N-ethyl adjacent to an activating group) is 1. The topological polar surface area (TPSA) is 3.24 Å². The molecule has 3 rings (SSSR count). The summed E-state index contributed by atoms with van der Waals surface area (Å²) in [6.07, 6.45) is 1.29. The Morgan fingerprint density at radius 3 is 2.59 bits per heavy atom. The lowest BCUT2D eigenvalue weighted by Gasteiger charge is -2.19. The average Bonchev–Trinajstić information content (AvgIpc) is 2.77. The lowest BCUT2D eigenvalue weighted by molar-refractivity contribution is 0.298. The minimum Gasteiger partial charge on any atom is -0.302 e. The molecule has 1 aromatic carbocycles. The van der Waals surface area contributed by atoms with Crippen molar-refractivity contribution in [1.29, 1.82) is 0 Å². The van der Waals surface area contributed by atoms with Crippen LogP contribution in [0.3, 0.4) is 0 Å². The molecule has 0 spiro atoms. The van der Waals surface area contributed by atoms with Gasteiger partial charge in [-0.05, 0) is 36.1 Å². The first-order valence-electron chi connectivity index (χ1n) is 6.19. The Kier molecular flexibility index (Phi) is 2.52. The van der Waals surface area contributed by atoms with E-state index in [9.17, 15) is 0 Å². The molecule has 0 aromatic heterocycles. The van der Waals surface area contributed by atoms with Gasteiger partial charge in [-0.3, -0.25) is 0 Å². The summed E-state index contributed by atoms with van der Waals surface area (Å²) in [5, 5.41) is 1.34. The van der Waals surface area contributed by atoms with Gasteiger partial charge in [0.15, 0.2) is 0 Å². The van der Waals surface area contributed by atoms with E-state index in [1.165, 1.54) is 18.5 Å². The summed E-state index contributed by atoms with van der Waals surface area (Å²) in [4.78, 5) is 2.53. The Morgan fingerprint density at radius 2 is 2.00 bits per heavy atom. The molecule has 0 radical (unpaired) electrons. The zero-order chi connectivity index (χ0) is 12.3. The number of fused-ring (bicyclic) bond motifs is 1. The van der Waals surface area contributed by atoms with Crippen molar-refractivity contribution in [1.82, 2.24) is 4.90 Å². The Labute approximate surface area is 113 Å². The van der Waals surface area contributed by atoms with Crippen molar-refractivity contribution in [2.75, 3.05) is 19.6 Å². The molecule has 1 aromatic rings. The SMILES string of the molecule is CCN1C[C@@]2(C)C[C@@]2(c2ccc(Cl)c(Cl)c2)C1. The minimum absolute atomic E-state index is 0.331. The summed E-state index contributed by atoms with van der Waals surface area (Å²) in [5.41, 5.74) is 2.14. The highest BCUT2D eigenvalue weighted by Crippen LogP contribution is 2.68. The third-order valence-electron chi connectivity index (χ3n) is 4.71. The summed E-state index contributed by atoms with van der Waals surface area (Å²) in [7, 11) is 0. The number of hydrogen-bond acceptors (Lipinski definition) is 1. The van der Waals surface area contributed by atoms with E-state index in [0.29, 0.717) is 20.9 Å². The standard InChI is InChI=1S/C14H17Cl2N/c1-3-17-8-13(2)7-14(13,9-17)10-4-5-11(15)12(16)6-10/h4-6H,3,7-9H2,1-2H3/t13-,14+/m1/s1. The summed E-state index contributed by atoms with van der Waals surface area (Å²) >= 11 is 12.1. The van der Waals surface area contributed by atoms with E-state index in [2.05, 4.69) is 30.9 Å². The van der Waals surface area contributed by atoms with Gasteiger partial charge in [0.2, 0.25) is 0 Å². The number of benzene rings is 1. The van der Waals surface area contributed by atoms with Gasteiger partial charge in [0.05, 0.1) is 10.0 Å². The summed E-state index contributed by atoms with van der Waals surface area (Å²) in [6.45, 7) is 8.14. The number of likely N-dealkylation sites (tertiary alicyclic amines) is 1. The van der Waals surface area contributed by atoms with E-state index in [1.807, 2.05) is 6.07 Å². The highest BCUT2D eigenvalue weighted by molar-refractivity contribution is 6.42.